The molecule has 0 amide bonds. The van der Waals surface area contributed by atoms with Gasteiger partial charge in [-0.25, -0.2) is 0 Å². The molecule has 0 aliphatic heterocycles. The molecular formula is C13H20ClN7. The zero-order valence-corrected chi connectivity index (χ0v) is 13.3. The van der Waals surface area contributed by atoms with Gasteiger partial charge in [-0.05, 0) is 24.4 Å². The molecule has 0 unspecified atom stereocenters. The Morgan fingerprint density at radius 3 is 2.52 bits per heavy atom. The number of aryl methyl sites for hydroxylation is 2. The molecule has 0 saturated heterocycles. The summed E-state index contributed by atoms with van der Waals surface area (Å²) in [6, 6.07) is 0. The molecule has 0 aromatic carbocycles. The average Bonchev–Trinajstić information content (AvgIpc) is 2.82. The molecule has 2 N–H and O–H groups in total. The first-order valence-corrected chi connectivity index (χ1v) is 7.40. The van der Waals surface area contributed by atoms with Gasteiger partial charge in [0.25, 0.3) is 0 Å². The highest BCUT2D eigenvalue weighted by atomic mass is 35.5. The summed E-state index contributed by atoms with van der Waals surface area (Å²) in [5, 5.41) is 10.8. The highest BCUT2D eigenvalue weighted by molar-refractivity contribution is 6.28. The first-order chi connectivity index (χ1) is 10.1. The third-order valence-corrected chi connectivity index (χ3v) is 3.07. The van der Waals surface area contributed by atoms with Crippen molar-refractivity contribution in [1.29, 1.82) is 0 Å². The minimum atomic E-state index is 0.174. The van der Waals surface area contributed by atoms with Crippen molar-refractivity contribution in [2.24, 2.45) is 7.05 Å². The lowest BCUT2D eigenvalue weighted by Crippen LogP contribution is -2.10. The summed E-state index contributed by atoms with van der Waals surface area (Å²) >= 11 is 5.91. The molecule has 0 radical (unpaired) electrons. The van der Waals surface area contributed by atoms with Gasteiger partial charge in [-0.3, -0.25) is 4.68 Å². The molecule has 7 nitrogen and oxygen atoms in total. The van der Waals surface area contributed by atoms with E-state index in [1.54, 1.807) is 0 Å². The van der Waals surface area contributed by atoms with Crippen LogP contribution >= 0.6 is 11.6 Å². The number of anilines is 2. The van der Waals surface area contributed by atoms with Crippen LogP contribution in [0.4, 0.5) is 11.9 Å². The Hall–Kier alpha value is -1.89. The van der Waals surface area contributed by atoms with Gasteiger partial charge in [-0.2, -0.15) is 20.1 Å². The monoisotopic (exact) mass is 309 g/mol. The minimum Gasteiger partial charge on any atom is -0.354 e. The fourth-order valence-corrected chi connectivity index (χ4v) is 2.11. The van der Waals surface area contributed by atoms with E-state index in [9.17, 15) is 0 Å². The number of aromatic nitrogens is 5. The molecule has 2 rings (SSSR count). The van der Waals surface area contributed by atoms with Crippen LogP contribution in [-0.4, -0.2) is 31.3 Å². The van der Waals surface area contributed by atoms with Gasteiger partial charge in [-0.1, -0.05) is 13.8 Å². The molecule has 21 heavy (non-hydrogen) atoms. The minimum absolute atomic E-state index is 0.174. The quantitative estimate of drug-likeness (QED) is 0.816. The zero-order valence-electron chi connectivity index (χ0n) is 12.5. The second-order valence-electron chi connectivity index (χ2n) is 4.66. The zero-order chi connectivity index (χ0) is 15.2. The van der Waals surface area contributed by atoms with Crippen molar-refractivity contribution in [3.05, 3.63) is 22.7 Å². The Balaban J connectivity index is 2.06. The Kier molecular flexibility index (Phi) is 5.32. The topological polar surface area (TPSA) is 80.5 Å². The smallest absolute Gasteiger partial charge is 0.229 e. The number of nitrogens with zero attached hydrogens (tertiary/aromatic N) is 5. The lowest BCUT2D eigenvalue weighted by atomic mass is 10.2. The summed E-state index contributed by atoms with van der Waals surface area (Å²) in [7, 11) is 1.91. The van der Waals surface area contributed by atoms with Gasteiger partial charge in [0, 0.05) is 31.9 Å². The molecule has 0 aliphatic carbocycles. The maximum atomic E-state index is 5.91. The summed E-state index contributed by atoms with van der Waals surface area (Å²) in [5.74, 6) is 0.945. The van der Waals surface area contributed by atoms with Crippen molar-refractivity contribution in [3.63, 3.8) is 0 Å². The first-order valence-electron chi connectivity index (χ1n) is 7.03. The van der Waals surface area contributed by atoms with E-state index >= 15 is 0 Å². The summed E-state index contributed by atoms with van der Waals surface area (Å²) < 4.78 is 1.81. The lowest BCUT2D eigenvalue weighted by molar-refractivity contribution is 0.746. The molecule has 0 fully saturated rings. The molecule has 0 aliphatic rings. The molecule has 0 atom stereocenters. The molecule has 0 spiro atoms. The van der Waals surface area contributed by atoms with Gasteiger partial charge in [-0.15, -0.1) is 0 Å². The predicted octanol–water partition coefficient (Wildman–Crippen LogP) is 2.25. The molecular weight excluding hydrogens is 290 g/mol. The number of nitrogens with one attached hydrogen (secondary N) is 2. The fourth-order valence-electron chi connectivity index (χ4n) is 1.95. The van der Waals surface area contributed by atoms with Gasteiger partial charge in [0.05, 0.1) is 5.69 Å². The van der Waals surface area contributed by atoms with E-state index in [0.717, 1.165) is 30.6 Å². The van der Waals surface area contributed by atoms with Crippen molar-refractivity contribution >= 4 is 23.5 Å². The third-order valence-electron chi connectivity index (χ3n) is 2.90. The van der Waals surface area contributed by atoms with Crippen LogP contribution in [0.5, 0.6) is 0 Å². The van der Waals surface area contributed by atoms with Crippen LogP contribution < -0.4 is 10.6 Å². The maximum absolute atomic E-state index is 5.91. The summed E-state index contributed by atoms with van der Waals surface area (Å²) in [5.41, 5.74) is 2.19. The lowest BCUT2D eigenvalue weighted by Gasteiger charge is -2.07. The highest BCUT2D eigenvalue weighted by Gasteiger charge is 2.08. The van der Waals surface area contributed by atoms with E-state index < -0.39 is 0 Å². The molecule has 114 valence electrons. The summed E-state index contributed by atoms with van der Waals surface area (Å²) in [4.78, 5) is 12.4. The van der Waals surface area contributed by atoms with Crippen LogP contribution in [0.3, 0.4) is 0 Å². The fraction of sp³-hybridized carbons (Fsp3) is 0.538. The van der Waals surface area contributed by atoms with E-state index in [0.29, 0.717) is 18.4 Å². The Morgan fingerprint density at radius 2 is 1.86 bits per heavy atom. The molecule has 0 bridgehead atoms. The van der Waals surface area contributed by atoms with Crippen molar-refractivity contribution < 1.29 is 0 Å². The molecule has 2 aromatic heterocycles. The van der Waals surface area contributed by atoms with E-state index in [1.165, 1.54) is 0 Å². The third kappa shape index (κ3) is 4.29. The van der Waals surface area contributed by atoms with Crippen LogP contribution in [0, 0.1) is 0 Å². The summed E-state index contributed by atoms with van der Waals surface area (Å²) in [6.07, 6.45) is 3.87. The van der Waals surface area contributed by atoms with Gasteiger partial charge in [0.15, 0.2) is 0 Å². The average molecular weight is 310 g/mol. The van der Waals surface area contributed by atoms with Crippen LogP contribution in [-0.2, 0) is 20.0 Å². The van der Waals surface area contributed by atoms with Crippen molar-refractivity contribution in [2.45, 2.75) is 33.2 Å². The maximum Gasteiger partial charge on any atom is 0.229 e. The van der Waals surface area contributed by atoms with Crippen LogP contribution in [0.25, 0.3) is 0 Å². The van der Waals surface area contributed by atoms with Crippen molar-refractivity contribution in [2.75, 3.05) is 17.2 Å². The van der Waals surface area contributed by atoms with E-state index in [-0.39, 0.29) is 5.28 Å². The van der Waals surface area contributed by atoms with Crippen LogP contribution in [0.1, 0.15) is 31.5 Å². The normalized spacial score (nSPS) is 10.7. The Morgan fingerprint density at radius 1 is 1.14 bits per heavy atom. The number of hydrogen-bond acceptors (Lipinski definition) is 6. The molecule has 2 heterocycles. The predicted molar refractivity (Wildman–Crippen MR) is 83.5 cm³/mol. The highest BCUT2D eigenvalue weighted by Crippen LogP contribution is 2.12. The second kappa shape index (κ2) is 7.21. The summed E-state index contributed by atoms with van der Waals surface area (Å²) in [6.45, 7) is 5.55. The molecule has 2 aromatic rings. The van der Waals surface area contributed by atoms with Gasteiger partial charge >= 0.3 is 0 Å². The molecule has 8 heteroatoms. The number of rotatable bonds is 7. The standard InChI is InChI=1S/C13H20ClN7/c1-4-6-15-12-17-11(14)18-13(19-12)16-7-9-8-21(3)20-10(9)5-2/h8H,4-7H2,1-3H3,(H2,15,16,17,18,19). The van der Waals surface area contributed by atoms with Gasteiger partial charge < -0.3 is 10.6 Å². The van der Waals surface area contributed by atoms with E-state index in [4.69, 9.17) is 11.6 Å². The Bertz CT molecular complexity index is 596. The number of halogens is 1. The van der Waals surface area contributed by atoms with E-state index in [2.05, 4.69) is 44.5 Å². The van der Waals surface area contributed by atoms with Gasteiger partial charge in [0.2, 0.25) is 17.2 Å². The largest absolute Gasteiger partial charge is 0.354 e. The van der Waals surface area contributed by atoms with Crippen LogP contribution in [0.2, 0.25) is 5.28 Å². The van der Waals surface area contributed by atoms with Crippen molar-refractivity contribution in [3.8, 4) is 0 Å². The van der Waals surface area contributed by atoms with E-state index in [1.807, 2.05) is 17.9 Å². The van der Waals surface area contributed by atoms with Crippen molar-refractivity contribution in [1.82, 2.24) is 24.7 Å². The first kappa shape index (κ1) is 15.5. The van der Waals surface area contributed by atoms with Gasteiger partial charge in [0.1, 0.15) is 0 Å². The number of hydrogen-bond donors (Lipinski definition) is 2. The SMILES string of the molecule is CCCNc1nc(Cl)nc(NCc2cn(C)nc2CC)n1. The second-order valence-corrected chi connectivity index (χ2v) is 5.00. The molecule has 0 saturated carbocycles. The Labute approximate surface area is 129 Å². The van der Waals surface area contributed by atoms with Crippen LogP contribution in [0.15, 0.2) is 6.20 Å².